The highest BCUT2D eigenvalue weighted by Crippen LogP contribution is 2.55. The maximum absolute atomic E-state index is 12.3. The molecule has 3 rings (SSSR count). The molecule has 0 radical (unpaired) electrons. The van der Waals surface area contributed by atoms with E-state index in [2.05, 4.69) is 24.4 Å². The summed E-state index contributed by atoms with van der Waals surface area (Å²) in [6, 6.07) is 0. The normalized spacial score (nSPS) is 42.8. The monoisotopic (exact) mass is 311 g/mol. The number of carbonyl (C=O) groups excluding carboxylic acids is 2. The Morgan fingerprint density at radius 2 is 2.29 bits per heavy atom. The molecule has 2 aliphatic heterocycles. The Bertz CT molecular complexity index is 506. The van der Waals surface area contributed by atoms with Crippen molar-refractivity contribution in [2.45, 2.75) is 50.7 Å². The molecule has 2 saturated heterocycles. The van der Waals surface area contributed by atoms with Crippen LogP contribution in [0.1, 0.15) is 39.5 Å². The van der Waals surface area contributed by atoms with E-state index in [9.17, 15) is 9.59 Å². The Labute approximate surface area is 130 Å². The van der Waals surface area contributed by atoms with E-state index in [1.165, 1.54) is 0 Å². The van der Waals surface area contributed by atoms with Crippen LogP contribution in [0, 0.1) is 17.8 Å². The van der Waals surface area contributed by atoms with E-state index in [1.54, 1.807) is 0 Å². The van der Waals surface area contributed by atoms with Crippen molar-refractivity contribution in [3.8, 4) is 0 Å². The molecular weight excluding hydrogens is 290 g/mol. The van der Waals surface area contributed by atoms with Crippen LogP contribution in [-0.4, -0.2) is 28.9 Å². The zero-order valence-corrected chi connectivity index (χ0v) is 13.3. The van der Waals surface area contributed by atoms with Crippen LogP contribution in [0.2, 0.25) is 0 Å². The molecule has 1 aliphatic carbocycles. The summed E-state index contributed by atoms with van der Waals surface area (Å²) in [7, 11) is 0. The topological polar surface area (TPSA) is 55.4 Å². The molecule has 0 spiro atoms. The molecule has 0 bridgehead atoms. The molecule has 3 aliphatic rings. The zero-order chi connectivity index (χ0) is 15.3. The Morgan fingerprint density at radius 1 is 1.52 bits per heavy atom. The number of esters is 1. The number of alkyl halides is 1. The Kier molecular flexibility index (Phi) is 3.55. The van der Waals surface area contributed by atoms with Crippen LogP contribution in [-0.2, 0) is 14.3 Å². The number of carbonyl (C=O) groups is 2. The fraction of sp³-hybridized carbons (Fsp3) is 0.750. The first kappa shape index (κ1) is 14.9. The summed E-state index contributed by atoms with van der Waals surface area (Å²) in [6.45, 7) is 3.94. The second-order valence-corrected chi connectivity index (χ2v) is 7.01. The third-order valence-electron chi connectivity index (χ3n) is 5.73. The lowest BCUT2D eigenvalue weighted by molar-refractivity contribution is -0.230. The first-order valence-electron chi connectivity index (χ1n) is 7.75. The number of amides is 1. The first-order chi connectivity index (χ1) is 9.97. The van der Waals surface area contributed by atoms with Crippen molar-refractivity contribution < 1.29 is 14.3 Å². The van der Waals surface area contributed by atoms with Crippen LogP contribution < -0.4 is 5.32 Å². The Balaban J connectivity index is 1.94. The van der Waals surface area contributed by atoms with Crippen LogP contribution >= 0.6 is 11.6 Å². The zero-order valence-electron chi connectivity index (χ0n) is 12.5. The number of nitrogens with one attached hydrogen (secondary N) is 1. The summed E-state index contributed by atoms with van der Waals surface area (Å²) >= 11 is 5.82. The third-order valence-corrected chi connectivity index (χ3v) is 5.94. The predicted molar refractivity (Wildman–Crippen MR) is 79.8 cm³/mol. The molecule has 2 fully saturated rings. The van der Waals surface area contributed by atoms with Gasteiger partial charge < -0.3 is 10.1 Å². The lowest BCUT2D eigenvalue weighted by Crippen LogP contribution is -2.77. The minimum Gasteiger partial charge on any atom is -0.453 e. The smallest absolute Gasteiger partial charge is 0.337 e. The van der Waals surface area contributed by atoms with Crippen molar-refractivity contribution in [3.63, 3.8) is 0 Å². The first-order valence-corrected chi connectivity index (χ1v) is 8.29. The molecule has 1 N–H and O–H groups in total. The molecule has 4 nitrogen and oxygen atoms in total. The number of rotatable bonds is 4. The average Bonchev–Trinajstić information content (AvgIpc) is 2.65. The van der Waals surface area contributed by atoms with Crippen molar-refractivity contribution in [1.82, 2.24) is 5.32 Å². The highest BCUT2D eigenvalue weighted by molar-refractivity contribution is 6.18. The molecule has 2 heterocycles. The van der Waals surface area contributed by atoms with Crippen LogP contribution in [0.5, 0.6) is 0 Å². The predicted octanol–water partition coefficient (Wildman–Crippen LogP) is 2.41. The summed E-state index contributed by atoms with van der Waals surface area (Å²) in [6.07, 6.45) is 8.18. The lowest BCUT2D eigenvalue weighted by Gasteiger charge is -2.55. The fourth-order valence-electron chi connectivity index (χ4n) is 4.41. The van der Waals surface area contributed by atoms with E-state index < -0.39 is 11.1 Å². The summed E-state index contributed by atoms with van der Waals surface area (Å²) in [4.78, 5) is 24.7. The maximum Gasteiger partial charge on any atom is 0.337 e. The number of halogens is 1. The third kappa shape index (κ3) is 1.81. The molecule has 5 atom stereocenters. The molecule has 0 aromatic carbocycles. The lowest BCUT2D eigenvalue weighted by atomic mass is 9.61. The summed E-state index contributed by atoms with van der Waals surface area (Å²) < 4.78 is 5.50. The van der Waals surface area contributed by atoms with Gasteiger partial charge in [-0.1, -0.05) is 19.1 Å². The van der Waals surface area contributed by atoms with Gasteiger partial charge in [-0.25, -0.2) is 4.79 Å². The highest BCUT2D eigenvalue weighted by Gasteiger charge is 2.78. The standard InChI is InChI=1S/C16H22ClNO3/c1-10(11-6-4-3-5-7-11)16-14(20)21-15(16,2)12(8-9-17)13(19)18-16/h4,6,10-12H,3,5,7-9H2,1-2H3,(H,18,19)/t10?,11?,12-,15-,16-/m1/s1. The van der Waals surface area contributed by atoms with Crippen LogP contribution in [0.15, 0.2) is 12.2 Å². The summed E-state index contributed by atoms with van der Waals surface area (Å²) in [5.74, 6) is -0.00948. The van der Waals surface area contributed by atoms with Crippen LogP contribution in [0.3, 0.4) is 0 Å². The van der Waals surface area contributed by atoms with E-state index in [4.69, 9.17) is 16.3 Å². The van der Waals surface area contributed by atoms with E-state index in [1.807, 2.05) is 6.92 Å². The minimum absolute atomic E-state index is 0.0320. The van der Waals surface area contributed by atoms with E-state index in [0.29, 0.717) is 18.2 Å². The largest absolute Gasteiger partial charge is 0.453 e. The van der Waals surface area contributed by atoms with Crippen molar-refractivity contribution in [2.24, 2.45) is 17.8 Å². The van der Waals surface area contributed by atoms with Crippen LogP contribution in [0.4, 0.5) is 0 Å². The molecule has 21 heavy (non-hydrogen) atoms. The summed E-state index contributed by atoms with van der Waals surface area (Å²) in [5, 5.41) is 2.98. The summed E-state index contributed by atoms with van der Waals surface area (Å²) in [5.41, 5.74) is -1.64. The van der Waals surface area contributed by atoms with Gasteiger partial charge in [0.25, 0.3) is 0 Å². The molecule has 5 heteroatoms. The van der Waals surface area contributed by atoms with Gasteiger partial charge in [0, 0.05) is 11.8 Å². The number of allylic oxidation sites excluding steroid dienone is 2. The SMILES string of the molecule is CC(C1C=CCCC1)[C@]12NC(=O)[C@@H](CCCl)[C@@]1(C)OC2=O. The molecule has 2 unspecified atom stereocenters. The van der Waals surface area contributed by atoms with Gasteiger partial charge in [0.2, 0.25) is 5.91 Å². The Hall–Kier alpha value is -1.03. The average molecular weight is 312 g/mol. The second kappa shape index (κ2) is 5.01. The van der Waals surface area contributed by atoms with Crippen molar-refractivity contribution in [3.05, 3.63) is 12.2 Å². The van der Waals surface area contributed by atoms with Gasteiger partial charge in [-0.3, -0.25) is 4.79 Å². The van der Waals surface area contributed by atoms with Gasteiger partial charge in [-0.2, -0.15) is 0 Å². The Morgan fingerprint density at radius 3 is 2.86 bits per heavy atom. The van der Waals surface area contributed by atoms with E-state index >= 15 is 0 Å². The molecular formula is C16H22ClNO3. The van der Waals surface area contributed by atoms with Gasteiger partial charge in [0.05, 0.1) is 5.92 Å². The fourth-order valence-corrected chi connectivity index (χ4v) is 4.62. The van der Waals surface area contributed by atoms with E-state index in [-0.39, 0.29) is 23.7 Å². The van der Waals surface area contributed by atoms with Crippen LogP contribution in [0.25, 0.3) is 0 Å². The van der Waals surface area contributed by atoms with Gasteiger partial charge in [-0.15, -0.1) is 11.6 Å². The molecule has 1 amide bonds. The second-order valence-electron chi connectivity index (χ2n) is 6.64. The highest BCUT2D eigenvalue weighted by atomic mass is 35.5. The number of ether oxygens (including phenoxy) is 1. The molecule has 0 aromatic rings. The van der Waals surface area contributed by atoms with Crippen molar-refractivity contribution in [2.75, 3.05) is 5.88 Å². The molecule has 0 aromatic heterocycles. The van der Waals surface area contributed by atoms with Gasteiger partial charge >= 0.3 is 5.97 Å². The molecule has 0 saturated carbocycles. The minimum atomic E-state index is -0.882. The van der Waals surface area contributed by atoms with Gasteiger partial charge in [-0.05, 0) is 38.5 Å². The van der Waals surface area contributed by atoms with Crippen molar-refractivity contribution >= 4 is 23.5 Å². The van der Waals surface area contributed by atoms with Gasteiger partial charge in [0.1, 0.15) is 0 Å². The van der Waals surface area contributed by atoms with E-state index in [0.717, 1.165) is 19.3 Å². The number of hydrogen-bond donors (Lipinski definition) is 1. The van der Waals surface area contributed by atoms with Gasteiger partial charge in [0.15, 0.2) is 11.1 Å². The maximum atomic E-state index is 12.3. The quantitative estimate of drug-likeness (QED) is 0.493. The molecule has 116 valence electrons. The number of hydrogen-bond acceptors (Lipinski definition) is 3. The number of fused-ring (bicyclic) bond motifs is 1. The van der Waals surface area contributed by atoms with Crippen molar-refractivity contribution in [1.29, 1.82) is 0 Å².